The summed E-state index contributed by atoms with van der Waals surface area (Å²) in [6.45, 7) is 0. The van der Waals surface area contributed by atoms with Gasteiger partial charge in [-0.2, -0.15) is 0 Å². The number of esters is 1. The number of hydrogen-bond acceptors (Lipinski definition) is 4. The Morgan fingerprint density at radius 3 is 2.28 bits per heavy atom. The number of rotatable bonds is 4. The van der Waals surface area contributed by atoms with Crippen molar-refractivity contribution in [2.24, 2.45) is 0 Å². The minimum Gasteiger partial charge on any atom is -0.497 e. The molecule has 0 heterocycles. The summed E-state index contributed by atoms with van der Waals surface area (Å²) in [5.74, 6) is 0.401. The fourth-order valence-corrected chi connectivity index (χ4v) is 4.13. The Hall–Kier alpha value is -3.53. The molecule has 0 aliphatic heterocycles. The fraction of sp³-hybridized carbons (Fsp3) is 0.160. The van der Waals surface area contributed by atoms with Crippen LogP contribution in [0, 0.1) is 0 Å². The summed E-state index contributed by atoms with van der Waals surface area (Å²) < 4.78 is 10.3. The maximum Gasteiger partial charge on any atom is 0.340 e. The number of fused-ring (bicyclic) bond motifs is 1. The summed E-state index contributed by atoms with van der Waals surface area (Å²) in [5.41, 5.74) is 10.8. The third-order valence-electron chi connectivity index (χ3n) is 5.66. The number of benzene rings is 3. The zero-order valence-electron chi connectivity index (χ0n) is 16.5. The summed E-state index contributed by atoms with van der Waals surface area (Å²) in [6, 6.07) is 22.3. The number of hydrogen-bond donors (Lipinski definition) is 1. The van der Waals surface area contributed by atoms with Gasteiger partial charge in [0, 0.05) is 11.1 Å². The van der Waals surface area contributed by atoms with E-state index in [0.717, 1.165) is 22.4 Å². The highest BCUT2D eigenvalue weighted by molar-refractivity contribution is 6.00. The number of allylic oxidation sites excluding steroid dienone is 1. The molecule has 0 saturated heterocycles. The third-order valence-corrected chi connectivity index (χ3v) is 5.66. The molecule has 4 heteroatoms. The number of carbonyl (C=O) groups is 1. The molecule has 0 saturated carbocycles. The lowest BCUT2D eigenvalue weighted by atomic mass is 9.67. The second-order valence-corrected chi connectivity index (χ2v) is 7.17. The second-order valence-electron chi connectivity index (χ2n) is 7.17. The van der Waals surface area contributed by atoms with E-state index in [1.165, 1.54) is 12.7 Å². The molecule has 3 aromatic rings. The molecule has 0 fully saturated rings. The van der Waals surface area contributed by atoms with Crippen molar-refractivity contribution in [1.29, 1.82) is 0 Å². The smallest absolute Gasteiger partial charge is 0.340 e. The van der Waals surface area contributed by atoms with Gasteiger partial charge in [-0.3, -0.25) is 0 Å². The van der Waals surface area contributed by atoms with Gasteiger partial charge in [0.15, 0.2) is 0 Å². The molecule has 1 aliphatic carbocycles. The van der Waals surface area contributed by atoms with E-state index < -0.39 is 5.97 Å². The highest BCUT2D eigenvalue weighted by Crippen LogP contribution is 2.43. The molecule has 3 aromatic carbocycles. The van der Waals surface area contributed by atoms with Gasteiger partial charge in [-0.25, -0.2) is 4.79 Å². The SMILES string of the molecule is COC(=O)c1c(N)ccc2c1C=CC(c1ccccc1)(c1ccc(OC)cc1)C2. The summed E-state index contributed by atoms with van der Waals surface area (Å²) in [5, 5.41) is 0. The zero-order valence-corrected chi connectivity index (χ0v) is 16.5. The number of nitrogen functional groups attached to an aromatic ring is 1. The van der Waals surface area contributed by atoms with E-state index in [9.17, 15) is 4.79 Å². The molecule has 1 aliphatic rings. The molecule has 1 atom stereocenters. The van der Waals surface area contributed by atoms with Crippen molar-refractivity contribution in [1.82, 2.24) is 0 Å². The molecular weight excluding hydrogens is 362 g/mol. The normalized spacial score (nSPS) is 17.4. The molecule has 0 bridgehead atoms. The van der Waals surface area contributed by atoms with Crippen molar-refractivity contribution in [3.63, 3.8) is 0 Å². The molecule has 4 rings (SSSR count). The Morgan fingerprint density at radius 1 is 0.931 bits per heavy atom. The van der Waals surface area contributed by atoms with E-state index in [4.69, 9.17) is 15.2 Å². The molecule has 0 radical (unpaired) electrons. The van der Waals surface area contributed by atoms with Gasteiger partial charge in [0.2, 0.25) is 0 Å². The lowest BCUT2D eigenvalue weighted by Crippen LogP contribution is -2.31. The quantitative estimate of drug-likeness (QED) is 0.526. The van der Waals surface area contributed by atoms with E-state index in [0.29, 0.717) is 17.7 Å². The predicted molar refractivity (Wildman–Crippen MR) is 115 cm³/mol. The largest absolute Gasteiger partial charge is 0.497 e. The van der Waals surface area contributed by atoms with E-state index in [1.54, 1.807) is 13.2 Å². The van der Waals surface area contributed by atoms with Gasteiger partial charge in [0.25, 0.3) is 0 Å². The Labute approximate surface area is 170 Å². The van der Waals surface area contributed by atoms with E-state index in [-0.39, 0.29) is 5.41 Å². The van der Waals surface area contributed by atoms with Crippen LogP contribution < -0.4 is 10.5 Å². The Morgan fingerprint density at radius 2 is 1.62 bits per heavy atom. The minimum atomic E-state index is -0.416. The lowest BCUT2D eigenvalue weighted by Gasteiger charge is -2.36. The molecule has 0 amide bonds. The molecule has 0 spiro atoms. The highest BCUT2D eigenvalue weighted by atomic mass is 16.5. The Kier molecular flexibility index (Phi) is 4.85. The van der Waals surface area contributed by atoms with Gasteiger partial charge in [0.05, 0.1) is 19.8 Å². The van der Waals surface area contributed by atoms with Crippen LogP contribution in [0.25, 0.3) is 6.08 Å². The van der Waals surface area contributed by atoms with Crippen molar-refractivity contribution in [2.75, 3.05) is 20.0 Å². The number of ether oxygens (including phenoxy) is 2. The first-order valence-electron chi connectivity index (χ1n) is 9.48. The summed E-state index contributed by atoms with van der Waals surface area (Å²) in [6.07, 6.45) is 4.87. The maximum absolute atomic E-state index is 12.3. The average molecular weight is 385 g/mol. The van der Waals surface area contributed by atoms with Crippen molar-refractivity contribution in [2.45, 2.75) is 11.8 Å². The molecule has 2 N–H and O–H groups in total. The lowest BCUT2D eigenvalue weighted by molar-refractivity contribution is 0.0601. The van der Waals surface area contributed by atoms with E-state index >= 15 is 0 Å². The van der Waals surface area contributed by atoms with Gasteiger partial charge < -0.3 is 15.2 Å². The predicted octanol–water partition coefficient (Wildman–Crippen LogP) is 4.62. The van der Waals surface area contributed by atoms with Crippen LogP contribution in [-0.2, 0) is 16.6 Å². The van der Waals surface area contributed by atoms with Crippen molar-refractivity contribution >= 4 is 17.7 Å². The van der Waals surface area contributed by atoms with Gasteiger partial charge in [-0.1, -0.05) is 60.7 Å². The van der Waals surface area contributed by atoms with Crippen LogP contribution in [0.4, 0.5) is 5.69 Å². The number of anilines is 1. The molecule has 146 valence electrons. The zero-order chi connectivity index (χ0) is 20.4. The number of methoxy groups -OCH3 is 2. The van der Waals surface area contributed by atoms with E-state index in [2.05, 4.69) is 30.3 Å². The highest BCUT2D eigenvalue weighted by Gasteiger charge is 2.36. The van der Waals surface area contributed by atoms with Gasteiger partial charge in [-0.05, 0) is 46.9 Å². The van der Waals surface area contributed by atoms with Gasteiger partial charge in [-0.15, -0.1) is 0 Å². The maximum atomic E-state index is 12.3. The minimum absolute atomic E-state index is 0.357. The summed E-state index contributed by atoms with van der Waals surface area (Å²) in [7, 11) is 3.04. The molecule has 4 nitrogen and oxygen atoms in total. The first kappa shape index (κ1) is 18.8. The van der Waals surface area contributed by atoms with Crippen molar-refractivity contribution in [3.8, 4) is 5.75 Å². The van der Waals surface area contributed by atoms with E-state index in [1.807, 2.05) is 42.5 Å². The molecular formula is C25H23NO3. The average Bonchev–Trinajstić information content (AvgIpc) is 2.79. The molecule has 1 unspecified atom stereocenters. The van der Waals surface area contributed by atoms with Crippen molar-refractivity contribution < 1.29 is 14.3 Å². The standard InChI is InChI=1S/C25H23NO3/c1-28-20-11-9-19(10-12-20)25(18-6-4-3-5-7-18)15-14-21-17(16-25)8-13-22(26)23(21)24(27)29-2/h3-15H,16,26H2,1-2H3. The number of carbonyl (C=O) groups excluding carboxylic acids is 1. The van der Waals surface area contributed by atoms with Crippen molar-refractivity contribution in [3.05, 3.63) is 101 Å². The first-order valence-corrected chi connectivity index (χ1v) is 9.48. The monoisotopic (exact) mass is 385 g/mol. The van der Waals surface area contributed by atoms with Gasteiger partial charge in [0.1, 0.15) is 5.75 Å². The Bertz CT molecular complexity index is 1070. The van der Waals surface area contributed by atoms with Crippen LogP contribution in [0.5, 0.6) is 5.75 Å². The van der Waals surface area contributed by atoms with Crippen LogP contribution in [0.2, 0.25) is 0 Å². The molecule has 29 heavy (non-hydrogen) atoms. The third kappa shape index (κ3) is 3.17. The number of nitrogens with two attached hydrogens (primary N) is 1. The van der Waals surface area contributed by atoms with Crippen LogP contribution >= 0.6 is 0 Å². The van der Waals surface area contributed by atoms with Crippen LogP contribution in [0.15, 0.2) is 72.8 Å². The fourth-order valence-electron chi connectivity index (χ4n) is 4.13. The van der Waals surface area contributed by atoms with Crippen LogP contribution in [0.1, 0.15) is 32.6 Å². The molecule has 0 aromatic heterocycles. The van der Waals surface area contributed by atoms with Crippen LogP contribution in [0.3, 0.4) is 0 Å². The van der Waals surface area contributed by atoms with Gasteiger partial charge >= 0.3 is 5.97 Å². The first-order chi connectivity index (χ1) is 14.1. The Balaban J connectivity index is 1.90. The van der Waals surface area contributed by atoms with Crippen LogP contribution in [-0.4, -0.2) is 20.2 Å². The summed E-state index contributed by atoms with van der Waals surface area (Å²) in [4.78, 5) is 12.3. The summed E-state index contributed by atoms with van der Waals surface area (Å²) >= 11 is 0. The second kappa shape index (κ2) is 7.47. The topological polar surface area (TPSA) is 61.5 Å².